The molecule has 0 heterocycles. The lowest BCUT2D eigenvalue weighted by atomic mass is 10.1. The van der Waals surface area contributed by atoms with E-state index in [1.165, 1.54) is 24.3 Å². The fourth-order valence-corrected chi connectivity index (χ4v) is 1.83. The number of rotatable bonds is 4. The van der Waals surface area contributed by atoms with Crippen molar-refractivity contribution < 1.29 is 13.5 Å². The van der Waals surface area contributed by atoms with Gasteiger partial charge in [0.15, 0.2) is 0 Å². The lowest BCUT2D eigenvalue weighted by Gasteiger charge is -2.08. The van der Waals surface area contributed by atoms with Gasteiger partial charge in [0.2, 0.25) is 0 Å². The number of halogens is 3. The molecule has 0 spiro atoms. The molecule has 2 rings (SSSR count). The fraction of sp³-hybridized carbons (Fsp3) is 0.133. The third kappa shape index (κ3) is 3.46. The maximum absolute atomic E-state index is 13.6. The summed E-state index contributed by atoms with van der Waals surface area (Å²) in [6.07, 6.45) is 0. The highest BCUT2D eigenvalue weighted by atomic mass is 35.5. The zero-order chi connectivity index (χ0) is 14.5. The normalized spacial score (nSPS) is 10.1. The van der Waals surface area contributed by atoms with Gasteiger partial charge < -0.3 is 4.74 Å². The van der Waals surface area contributed by atoms with Crippen molar-refractivity contribution in [3.8, 4) is 11.8 Å². The van der Waals surface area contributed by atoms with Gasteiger partial charge in [-0.1, -0.05) is 6.07 Å². The topological polar surface area (TPSA) is 33.0 Å². The van der Waals surface area contributed by atoms with Crippen LogP contribution >= 0.6 is 11.6 Å². The van der Waals surface area contributed by atoms with E-state index in [-0.39, 0.29) is 23.8 Å². The van der Waals surface area contributed by atoms with E-state index in [0.29, 0.717) is 11.1 Å². The molecule has 0 saturated heterocycles. The SMILES string of the molecule is N#Cc1ccc(COc2cc(F)cc(CCl)c2)c(F)c1. The monoisotopic (exact) mass is 293 g/mol. The molecule has 2 aromatic rings. The van der Waals surface area contributed by atoms with E-state index in [1.54, 1.807) is 6.07 Å². The summed E-state index contributed by atoms with van der Waals surface area (Å²) in [4.78, 5) is 0. The van der Waals surface area contributed by atoms with Crippen molar-refractivity contribution in [2.75, 3.05) is 0 Å². The molecule has 0 aliphatic heterocycles. The van der Waals surface area contributed by atoms with Gasteiger partial charge in [0, 0.05) is 17.5 Å². The Balaban J connectivity index is 2.13. The van der Waals surface area contributed by atoms with Crippen LogP contribution in [0.2, 0.25) is 0 Å². The summed E-state index contributed by atoms with van der Waals surface area (Å²) in [5.74, 6) is -0.541. The Labute approximate surface area is 120 Å². The molecule has 0 unspecified atom stereocenters. The molecule has 0 atom stereocenters. The number of hydrogen-bond acceptors (Lipinski definition) is 2. The fourth-order valence-electron chi connectivity index (χ4n) is 1.68. The van der Waals surface area contributed by atoms with Gasteiger partial charge in [-0.2, -0.15) is 5.26 Å². The number of nitriles is 1. The molecule has 0 aliphatic rings. The van der Waals surface area contributed by atoms with Crippen molar-refractivity contribution in [2.24, 2.45) is 0 Å². The van der Waals surface area contributed by atoms with E-state index in [9.17, 15) is 8.78 Å². The number of ether oxygens (including phenoxy) is 1. The molecule has 102 valence electrons. The lowest BCUT2D eigenvalue weighted by molar-refractivity contribution is 0.298. The Kier molecular flexibility index (Phi) is 4.54. The maximum atomic E-state index is 13.6. The zero-order valence-corrected chi connectivity index (χ0v) is 11.1. The maximum Gasteiger partial charge on any atom is 0.131 e. The van der Waals surface area contributed by atoms with Crippen LogP contribution in [0.25, 0.3) is 0 Å². The van der Waals surface area contributed by atoms with Crippen LogP contribution in [-0.4, -0.2) is 0 Å². The molecule has 0 amide bonds. The van der Waals surface area contributed by atoms with Gasteiger partial charge in [-0.15, -0.1) is 11.6 Å². The quantitative estimate of drug-likeness (QED) is 0.793. The van der Waals surface area contributed by atoms with E-state index in [2.05, 4.69) is 0 Å². The number of hydrogen-bond donors (Lipinski definition) is 0. The number of alkyl halides is 1. The van der Waals surface area contributed by atoms with E-state index in [0.717, 1.165) is 6.07 Å². The van der Waals surface area contributed by atoms with Crippen LogP contribution in [0.4, 0.5) is 8.78 Å². The molecular weight excluding hydrogens is 284 g/mol. The van der Waals surface area contributed by atoms with Gasteiger partial charge in [0.25, 0.3) is 0 Å². The molecule has 5 heteroatoms. The molecule has 0 aliphatic carbocycles. The summed E-state index contributed by atoms with van der Waals surface area (Å²) in [7, 11) is 0. The van der Waals surface area contributed by atoms with E-state index < -0.39 is 11.6 Å². The Morgan fingerprint density at radius 1 is 1.15 bits per heavy atom. The summed E-state index contributed by atoms with van der Waals surface area (Å²) in [6, 6.07) is 10.1. The Hall–Kier alpha value is -2.12. The molecule has 0 N–H and O–H groups in total. The first-order valence-corrected chi connectivity index (χ1v) is 6.32. The standard InChI is InChI=1S/C15H10ClF2NO/c16-7-11-3-13(17)6-14(4-11)20-9-12-2-1-10(8-19)5-15(12)18/h1-6H,7,9H2. The van der Waals surface area contributed by atoms with E-state index >= 15 is 0 Å². The molecular formula is C15H10ClF2NO. The van der Waals surface area contributed by atoms with E-state index in [1.807, 2.05) is 6.07 Å². The van der Waals surface area contributed by atoms with Crippen LogP contribution < -0.4 is 4.74 Å². The smallest absolute Gasteiger partial charge is 0.131 e. The minimum absolute atomic E-state index is 0.0529. The largest absolute Gasteiger partial charge is 0.489 e. The molecule has 0 saturated carbocycles. The Morgan fingerprint density at radius 3 is 2.60 bits per heavy atom. The van der Waals surface area contributed by atoms with Gasteiger partial charge in [-0.05, 0) is 29.8 Å². The summed E-state index contributed by atoms with van der Waals surface area (Å²) in [6.45, 7) is -0.0529. The van der Waals surface area contributed by atoms with Crippen molar-refractivity contribution in [3.05, 3.63) is 64.7 Å². The Morgan fingerprint density at radius 2 is 1.95 bits per heavy atom. The highest BCUT2D eigenvalue weighted by Gasteiger charge is 2.06. The van der Waals surface area contributed by atoms with Crippen LogP contribution in [0.15, 0.2) is 36.4 Å². The van der Waals surface area contributed by atoms with Crippen LogP contribution in [0.1, 0.15) is 16.7 Å². The van der Waals surface area contributed by atoms with Gasteiger partial charge in [-0.25, -0.2) is 8.78 Å². The van der Waals surface area contributed by atoms with Crippen LogP contribution in [0.5, 0.6) is 5.75 Å². The van der Waals surface area contributed by atoms with E-state index in [4.69, 9.17) is 21.6 Å². The second-order valence-corrected chi connectivity index (χ2v) is 4.40. The second-order valence-electron chi connectivity index (χ2n) is 4.14. The summed E-state index contributed by atoms with van der Waals surface area (Å²) in [5.41, 5.74) is 1.11. The first-order valence-electron chi connectivity index (χ1n) is 5.79. The lowest BCUT2D eigenvalue weighted by Crippen LogP contribution is -2.00. The molecule has 0 radical (unpaired) electrons. The van der Waals surface area contributed by atoms with Crippen molar-refractivity contribution in [1.29, 1.82) is 5.26 Å². The number of nitrogens with zero attached hydrogens (tertiary/aromatic N) is 1. The average Bonchev–Trinajstić information content (AvgIpc) is 2.45. The minimum atomic E-state index is -0.530. The first kappa shape index (κ1) is 14.3. The number of benzene rings is 2. The van der Waals surface area contributed by atoms with Crippen molar-refractivity contribution in [2.45, 2.75) is 12.5 Å². The summed E-state index contributed by atoms with van der Waals surface area (Å²) < 4.78 is 32.3. The molecule has 0 bridgehead atoms. The molecule has 20 heavy (non-hydrogen) atoms. The highest BCUT2D eigenvalue weighted by molar-refractivity contribution is 6.17. The predicted octanol–water partition coefficient (Wildman–Crippen LogP) is 4.15. The van der Waals surface area contributed by atoms with Crippen LogP contribution in [-0.2, 0) is 12.5 Å². The van der Waals surface area contributed by atoms with Crippen LogP contribution in [0, 0.1) is 23.0 Å². The predicted molar refractivity (Wildman–Crippen MR) is 71.4 cm³/mol. The average molecular weight is 294 g/mol. The van der Waals surface area contributed by atoms with Gasteiger partial charge in [0.1, 0.15) is 24.0 Å². The Bertz CT molecular complexity index is 667. The van der Waals surface area contributed by atoms with Crippen LogP contribution in [0.3, 0.4) is 0 Å². The molecule has 0 aromatic heterocycles. The summed E-state index contributed by atoms with van der Waals surface area (Å²) >= 11 is 5.63. The summed E-state index contributed by atoms with van der Waals surface area (Å²) in [5, 5.41) is 8.65. The minimum Gasteiger partial charge on any atom is -0.489 e. The van der Waals surface area contributed by atoms with Gasteiger partial charge in [0.05, 0.1) is 11.6 Å². The zero-order valence-electron chi connectivity index (χ0n) is 10.4. The van der Waals surface area contributed by atoms with Gasteiger partial charge >= 0.3 is 0 Å². The third-order valence-electron chi connectivity index (χ3n) is 2.66. The van der Waals surface area contributed by atoms with Crippen molar-refractivity contribution in [3.63, 3.8) is 0 Å². The van der Waals surface area contributed by atoms with Crippen molar-refractivity contribution in [1.82, 2.24) is 0 Å². The van der Waals surface area contributed by atoms with Crippen molar-refractivity contribution >= 4 is 11.6 Å². The third-order valence-corrected chi connectivity index (χ3v) is 2.97. The second kappa shape index (κ2) is 6.36. The molecule has 2 aromatic carbocycles. The molecule has 0 fully saturated rings. The molecule has 2 nitrogen and oxygen atoms in total. The highest BCUT2D eigenvalue weighted by Crippen LogP contribution is 2.20. The van der Waals surface area contributed by atoms with Gasteiger partial charge in [-0.3, -0.25) is 0 Å². The first-order chi connectivity index (χ1) is 9.62.